The molecule has 0 saturated heterocycles. The van der Waals surface area contributed by atoms with Crippen LogP contribution in [0.15, 0.2) is 30.6 Å². The van der Waals surface area contributed by atoms with Crippen molar-refractivity contribution in [3.63, 3.8) is 0 Å². The molecular weight excluding hydrogens is 353 g/mol. The van der Waals surface area contributed by atoms with E-state index in [2.05, 4.69) is 15.6 Å². The molecule has 0 radical (unpaired) electrons. The maximum atomic E-state index is 12.7. The summed E-state index contributed by atoms with van der Waals surface area (Å²) in [5, 5.41) is 4.78. The minimum Gasteiger partial charge on any atom is -0.357 e. The molecule has 1 aromatic carbocycles. The molecule has 7 nitrogen and oxygen atoms in total. The molecular formula is C16H17F3N4O3. The molecule has 2 aromatic rings. The van der Waals surface area contributed by atoms with Gasteiger partial charge < -0.3 is 15.4 Å². The fourth-order valence-electron chi connectivity index (χ4n) is 2.41. The van der Waals surface area contributed by atoms with Gasteiger partial charge in [0.2, 0.25) is 0 Å². The predicted molar refractivity (Wildman–Crippen MR) is 85.6 cm³/mol. The second kappa shape index (κ2) is 7.56. The van der Waals surface area contributed by atoms with E-state index in [1.54, 1.807) is 0 Å². The Bertz CT molecular complexity index is 800. The van der Waals surface area contributed by atoms with Crippen LogP contribution in [0.5, 0.6) is 0 Å². The van der Waals surface area contributed by atoms with Crippen LogP contribution in [0.25, 0.3) is 0 Å². The molecule has 0 aliphatic carbocycles. The Morgan fingerprint density at radius 1 is 1.12 bits per heavy atom. The summed E-state index contributed by atoms with van der Waals surface area (Å²) in [4.78, 5) is 28.1. The highest BCUT2D eigenvalue weighted by Gasteiger charge is 2.31. The normalized spacial score (nSPS) is 12.5. The molecule has 2 rings (SSSR count). The molecule has 2 N–H and O–H groups in total. The van der Waals surface area contributed by atoms with Gasteiger partial charge in [-0.2, -0.15) is 13.2 Å². The maximum absolute atomic E-state index is 12.7. The van der Waals surface area contributed by atoms with Crippen LogP contribution < -0.4 is 10.6 Å². The summed E-state index contributed by atoms with van der Waals surface area (Å²) in [7, 11) is 4.10. The number of carbonyl (C=O) groups excluding carboxylic acids is 2. The third-order valence-electron chi connectivity index (χ3n) is 3.68. The summed E-state index contributed by atoms with van der Waals surface area (Å²) in [6.45, 7) is 0. The lowest BCUT2D eigenvalue weighted by atomic mass is 10.1. The Morgan fingerprint density at radius 3 is 2.15 bits per heavy atom. The van der Waals surface area contributed by atoms with Crippen LogP contribution in [0, 0.1) is 0 Å². The van der Waals surface area contributed by atoms with Crippen LogP contribution in [0.2, 0.25) is 0 Å². The first kappa shape index (κ1) is 19.4. The second-order valence-electron chi connectivity index (χ2n) is 5.22. The van der Waals surface area contributed by atoms with E-state index >= 15 is 0 Å². The smallest absolute Gasteiger partial charge is 0.357 e. The van der Waals surface area contributed by atoms with Crippen LogP contribution in [0.3, 0.4) is 0 Å². The zero-order valence-corrected chi connectivity index (χ0v) is 14.2. The molecule has 0 aliphatic rings. The molecule has 140 valence electrons. The number of nitrogens with one attached hydrogen (secondary N) is 2. The number of hydrogen-bond donors (Lipinski definition) is 2. The van der Waals surface area contributed by atoms with Crippen molar-refractivity contribution in [2.45, 2.75) is 12.4 Å². The largest absolute Gasteiger partial charge is 0.416 e. The van der Waals surface area contributed by atoms with Crippen LogP contribution in [0.1, 0.15) is 38.3 Å². The minimum absolute atomic E-state index is 0.0707. The van der Waals surface area contributed by atoms with Crippen molar-refractivity contribution in [3.8, 4) is 0 Å². The lowest BCUT2D eigenvalue weighted by molar-refractivity contribution is -0.137. The molecule has 1 heterocycles. The van der Waals surface area contributed by atoms with Gasteiger partial charge >= 0.3 is 6.18 Å². The lowest BCUT2D eigenvalue weighted by Gasteiger charge is -2.20. The Kier molecular flexibility index (Phi) is 5.66. The van der Waals surface area contributed by atoms with Gasteiger partial charge in [-0.15, -0.1) is 0 Å². The topological polar surface area (TPSA) is 85.2 Å². The summed E-state index contributed by atoms with van der Waals surface area (Å²) in [6, 6.07) is 4.31. The average molecular weight is 370 g/mol. The summed E-state index contributed by atoms with van der Waals surface area (Å²) >= 11 is 0. The van der Waals surface area contributed by atoms with E-state index < -0.39 is 29.8 Å². The zero-order valence-electron chi connectivity index (χ0n) is 14.2. The summed E-state index contributed by atoms with van der Waals surface area (Å²) in [5.74, 6) is -1.17. The molecule has 0 aliphatic heterocycles. The maximum Gasteiger partial charge on any atom is 0.416 e. The molecule has 1 atom stereocenters. The molecule has 0 spiro atoms. The third kappa shape index (κ3) is 3.69. The molecule has 2 amide bonds. The molecule has 0 bridgehead atoms. The number of ether oxygens (including phenoxy) is 1. The van der Waals surface area contributed by atoms with Gasteiger partial charge in [0.1, 0.15) is 5.69 Å². The van der Waals surface area contributed by atoms with Gasteiger partial charge in [-0.1, -0.05) is 12.1 Å². The number of hydrogen-bond acceptors (Lipinski definition) is 4. The fourth-order valence-corrected chi connectivity index (χ4v) is 2.41. The highest BCUT2D eigenvalue weighted by Crippen LogP contribution is 2.31. The summed E-state index contributed by atoms with van der Waals surface area (Å²) in [6.07, 6.45) is -4.19. The van der Waals surface area contributed by atoms with Gasteiger partial charge in [0, 0.05) is 26.8 Å². The summed E-state index contributed by atoms with van der Waals surface area (Å²) < 4.78 is 44.8. The minimum atomic E-state index is -4.46. The van der Waals surface area contributed by atoms with Gasteiger partial charge in [0.05, 0.1) is 11.9 Å². The van der Waals surface area contributed by atoms with Crippen molar-refractivity contribution < 1.29 is 27.5 Å². The number of methoxy groups -OCH3 is 1. The van der Waals surface area contributed by atoms with Crippen molar-refractivity contribution in [3.05, 3.63) is 53.1 Å². The SMILES string of the molecule is CNC(=O)c1ncn(C(OC)c2ccc(C(F)(F)F)cc2)c1C(=O)NC. The Labute approximate surface area is 147 Å². The number of alkyl halides is 3. The number of amides is 2. The van der Waals surface area contributed by atoms with E-state index in [0.29, 0.717) is 5.56 Å². The van der Waals surface area contributed by atoms with Crippen LogP contribution in [-0.2, 0) is 10.9 Å². The van der Waals surface area contributed by atoms with Crippen molar-refractivity contribution >= 4 is 11.8 Å². The van der Waals surface area contributed by atoms with E-state index in [1.165, 1.54) is 44.2 Å². The average Bonchev–Trinajstić information content (AvgIpc) is 3.05. The first-order valence-electron chi connectivity index (χ1n) is 7.45. The molecule has 0 fully saturated rings. The third-order valence-corrected chi connectivity index (χ3v) is 3.68. The highest BCUT2D eigenvalue weighted by atomic mass is 19.4. The molecule has 26 heavy (non-hydrogen) atoms. The molecule has 1 unspecified atom stereocenters. The van der Waals surface area contributed by atoms with Gasteiger partial charge in [0.25, 0.3) is 11.8 Å². The number of carbonyl (C=O) groups is 2. The number of aromatic nitrogens is 2. The number of imidazole rings is 1. The van der Waals surface area contributed by atoms with Crippen molar-refractivity contribution in [1.82, 2.24) is 20.2 Å². The van der Waals surface area contributed by atoms with E-state index in [1.807, 2.05) is 0 Å². The van der Waals surface area contributed by atoms with E-state index in [-0.39, 0.29) is 11.4 Å². The first-order chi connectivity index (χ1) is 12.2. The van der Waals surface area contributed by atoms with Gasteiger partial charge in [-0.25, -0.2) is 4.98 Å². The van der Waals surface area contributed by atoms with Crippen molar-refractivity contribution in [1.29, 1.82) is 0 Å². The van der Waals surface area contributed by atoms with Crippen molar-refractivity contribution in [2.24, 2.45) is 0 Å². The van der Waals surface area contributed by atoms with Crippen LogP contribution in [0.4, 0.5) is 13.2 Å². The standard InChI is InChI=1S/C16H17F3N4O3/c1-20-13(24)11-12(14(25)21-2)23(8-22-11)15(26-3)9-4-6-10(7-5-9)16(17,18)19/h4-8,15H,1-3H3,(H,20,24)(H,21,25). The Morgan fingerprint density at radius 2 is 1.69 bits per heavy atom. The van der Waals surface area contributed by atoms with E-state index in [4.69, 9.17) is 4.74 Å². The monoisotopic (exact) mass is 370 g/mol. The van der Waals surface area contributed by atoms with Crippen molar-refractivity contribution in [2.75, 3.05) is 21.2 Å². The predicted octanol–water partition coefficient (Wildman–Crippen LogP) is 1.81. The van der Waals surface area contributed by atoms with Gasteiger partial charge in [-0.05, 0) is 12.1 Å². The second-order valence-corrected chi connectivity index (χ2v) is 5.22. The highest BCUT2D eigenvalue weighted by molar-refractivity contribution is 6.04. The number of benzene rings is 1. The Balaban J connectivity index is 2.52. The number of halogens is 3. The van der Waals surface area contributed by atoms with Gasteiger partial charge in [-0.3, -0.25) is 14.2 Å². The fraction of sp³-hybridized carbons (Fsp3) is 0.312. The molecule has 0 saturated carbocycles. The molecule has 10 heteroatoms. The first-order valence-corrected chi connectivity index (χ1v) is 7.45. The van der Waals surface area contributed by atoms with Crippen LogP contribution in [-0.4, -0.2) is 42.6 Å². The quantitative estimate of drug-likeness (QED) is 0.841. The lowest BCUT2D eigenvalue weighted by Crippen LogP contribution is -2.29. The molecule has 1 aromatic heterocycles. The van der Waals surface area contributed by atoms with Crippen LogP contribution >= 0.6 is 0 Å². The number of nitrogens with zero attached hydrogens (tertiary/aromatic N) is 2. The van der Waals surface area contributed by atoms with E-state index in [0.717, 1.165) is 12.1 Å². The zero-order chi connectivity index (χ0) is 19.5. The Hall–Kier alpha value is -2.88. The van der Waals surface area contributed by atoms with E-state index in [9.17, 15) is 22.8 Å². The van der Waals surface area contributed by atoms with Gasteiger partial charge in [0.15, 0.2) is 11.9 Å². The number of rotatable bonds is 5. The summed E-state index contributed by atoms with van der Waals surface area (Å²) in [5.41, 5.74) is -0.648.